The van der Waals surface area contributed by atoms with Gasteiger partial charge in [0.2, 0.25) is 5.91 Å². The molecule has 2 aromatic carbocycles. The van der Waals surface area contributed by atoms with E-state index in [1.807, 2.05) is 12.1 Å². The van der Waals surface area contributed by atoms with Crippen molar-refractivity contribution in [2.45, 2.75) is 13.5 Å². The summed E-state index contributed by atoms with van der Waals surface area (Å²) in [5.74, 6) is -0.332. The van der Waals surface area contributed by atoms with Crippen LogP contribution >= 0.6 is 27.7 Å². The molecule has 0 radical (unpaired) electrons. The third kappa shape index (κ3) is 5.27. The van der Waals surface area contributed by atoms with Crippen molar-refractivity contribution < 1.29 is 18.7 Å². The lowest BCUT2D eigenvalue weighted by Crippen LogP contribution is -2.23. The molecule has 1 N–H and O–H groups in total. The van der Waals surface area contributed by atoms with Crippen molar-refractivity contribution in [3.05, 3.63) is 68.8 Å². The van der Waals surface area contributed by atoms with Crippen LogP contribution in [0.2, 0.25) is 0 Å². The van der Waals surface area contributed by atoms with Gasteiger partial charge in [0.1, 0.15) is 18.2 Å². The Kier molecular flexibility index (Phi) is 6.08. The molecule has 0 aromatic heterocycles. The van der Waals surface area contributed by atoms with Crippen LogP contribution in [0.25, 0.3) is 6.08 Å². The van der Waals surface area contributed by atoms with E-state index in [9.17, 15) is 14.0 Å². The number of nitrogens with zero attached hydrogens (tertiary/aromatic N) is 1. The van der Waals surface area contributed by atoms with Gasteiger partial charge in [-0.25, -0.2) is 4.39 Å². The number of hydrogen-bond donors (Lipinski definition) is 1. The van der Waals surface area contributed by atoms with Gasteiger partial charge in [0.25, 0.3) is 5.91 Å². The summed E-state index contributed by atoms with van der Waals surface area (Å²) in [4.78, 5) is 27.2. The minimum atomic E-state index is -0.392. The Morgan fingerprint density at radius 1 is 1.30 bits per heavy atom. The molecule has 2 amide bonds. The maximum Gasteiger partial charge on any atom is 0.286 e. The van der Waals surface area contributed by atoms with Gasteiger partial charge in [0.05, 0.1) is 9.38 Å². The van der Waals surface area contributed by atoms with Crippen molar-refractivity contribution in [3.8, 4) is 5.75 Å². The number of carbonyl (C=O) groups excluding carboxylic acids is 2. The quantitative estimate of drug-likeness (QED) is 0.708. The summed E-state index contributed by atoms with van der Waals surface area (Å²) >= 11 is 4.56. The van der Waals surface area contributed by atoms with E-state index >= 15 is 0 Å². The van der Waals surface area contributed by atoms with Crippen molar-refractivity contribution in [2.75, 3.05) is 0 Å². The van der Waals surface area contributed by atoms with Crippen LogP contribution in [0.4, 0.5) is 4.39 Å². The van der Waals surface area contributed by atoms with Gasteiger partial charge in [-0.05, 0) is 69.2 Å². The minimum absolute atomic E-state index is 0.275. The lowest BCUT2D eigenvalue weighted by molar-refractivity contribution is -0.117. The predicted molar refractivity (Wildman–Crippen MR) is 107 cm³/mol. The zero-order valence-electron chi connectivity index (χ0n) is 14.2. The second-order valence-corrected chi connectivity index (χ2v) is 7.50. The zero-order chi connectivity index (χ0) is 19.4. The van der Waals surface area contributed by atoms with Crippen LogP contribution in [-0.2, 0) is 16.2 Å². The molecule has 5 nitrogen and oxygen atoms in total. The molecule has 1 aliphatic heterocycles. The average molecular weight is 449 g/mol. The number of benzene rings is 2. The Balaban J connectivity index is 1.67. The maximum atomic E-state index is 12.9. The molecule has 27 heavy (non-hydrogen) atoms. The Bertz CT molecular complexity index is 958. The Labute approximate surface area is 167 Å². The van der Waals surface area contributed by atoms with Crippen LogP contribution in [0.3, 0.4) is 0 Å². The van der Waals surface area contributed by atoms with E-state index in [1.54, 1.807) is 24.3 Å². The number of rotatable bonds is 4. The van der Waals surface area contributed by atoms with Crippen molar-refractivity contribution in [1.29, 1.82) is 0 Å². The molecule has 0 fully saturated rings. The van der Waals surface area contributed by atoms with Crippen LogP contribution in [0.5, 0.6) is 5.75 Å². The Morgan fingerprint density at radius 3 is 2.70 bits per heavy atom. The van der Waals surface area contributed by atoms with E-state index in [1.165, 1.54) is 19.1 Å². The first-order valence-electron chi connectivity index (χ1n) is 7.87. The molecule has 0 saturated heterocycles. The van der Waals surface area contributed by atoms with Crippen LogP contribution in [0, 0.1) is 5.82 Å². The summed E-state index contributed by atoms with van der Waals surface area (Å²) in [6.07, 6.45) is 1.69. The van der Waals surface area contributed by atoms with E-state index < -0.39 is 5.91 Å². The van der Waals surface area contributed by atoms with Crippen molar-refractivity contribution in [1.82, 2.24) is 5.32 Å². The smallest absolute Gasteiger partial charge is 0.286 e. The van der Waals surface area contributed by atoms with Gasteiger partial charge < -0.3 is 10.1 Å². The van der Waals surface area contributed by atoms with Crippen molar-refractivity contribution >= 4 is 50.7 Å². The molecule has 3 rings (SSSR count). The normalized spacial score (nSPS) is 15.0. The van der Waals surface area contributed by atoms with E-state index in [0.29, 0.717) is 17.3 Å². The molecule has 0 atom stereocenters. The van der Waals surface area contributed by atoms with Crippen LogP contribution in [0.15, 0.2) is 56.8 Å². The Hall–Kier alpha value is -2.45. The van der Waals surface area contributed by atoms with Gasteiger partial charge in [-0.3, -0.25) is 9.59 Å². The van der Waals surface area contributed by atoms with Crippen LogP contribution in [0.1, 0.15) is 18.1 Å². The highest BCUT2D eigenvalue weighted by atomic mass is 79.9. The summed E-state index contributed by atoms with van der Waals surface area (Å²) in [6, 6.07) is 11.5. The van der Waals surface area contributed by atoms with Gasteiger partial charge in [-0.15, -0.1) is 0 Å². The molecular weight excluding hydrogens is 435 g/mol. The SMILES string of the molecule is CC(=O)NC1=NC(=O)/C(=C\c2ccc(OCc3ccc(F)cc3)c(Br)c2)S1. The fourth-order valence-corrected chi connectivity index (χ4v) is 3.60. The van der Waals surface area contributed by atoms with Gasteiger partial charge in [-0.1, -0.05) is 18.2 Å². The van der Waals surface area contributed by atoms with Gasteiger partial charge in [0.15, 0.2) is 5.17 Å². The molecule has 0 aliphatic carbocycles. The van der Waals surface area contributed by atoms with Gasteiger partial charge in [0, 0.05) is 6.92 Å². The molecule has 0 unspecified atom stereocenters. The summed E-state index contributed by atoms with van der Waals surface area (Å²) in [5, 5.41) is 2.78. The van der Waals surface area contributed by atoms with E-state index in [4.69, 9.17) is 4.74 Å². The lowest BCUT2D eigenvalue weighted by Gasteiger charge is -2.09. The number of carbonyl (C=O) groups is 2. The molecule has 0 spiro atoms. The summed E-state index contributed by atoms with van der Waals surface area (Å²) in [6.45, 7) is 1.67. The van der Waals surface area contributed by atoms with Gasteiger partial charge >= 0.3 is 0 Å². The molecule has 0 bridgehead atoms. The highest BCUT2D eigenvalue weighted by Crippen LogP contribution is 2.31. The van der Waals surface area contributed by atoms with E-state index in [0.717, 1.165) is 27.4 Å². The number of amidine groups is 1. The third-order valence-electron chi connectivity index (χ3n) is 3.46. The third-order valence-corrected chi connectivity index (χ3v) is 4.98. The molecule has 2 aromatic rings. The van der Waals surface area contributed by atoms with Crippen molar-refractivity contribution in [2.24, 2.45) is 4.99 Å². The number of aliphatic imine (C=N–C) groups is 1. The topological polar surface area (TPSA) is 67.8 Å². The highest BCUT2D eigenvalue weighted by molar-refractivity contribution is 9.10. The summed E-state index contributed by atoms with van der Waals surface area (Å²) < 4.78 is 19.4. The standard InChI is InChI=1S/C19H14BrFN2O3S/c1-11(24)22-19-23-18(25)17(27-19)9-13-4-7-16(15(20)8-13)26-10-12-2-5-14(21)6-3-12/h2-9H,10H2,1H3,(H,22,23,24,25)/b17-9+. The second kappa shape index (κ2) is 8.49. The van der Waals surface area contributed by atoms with E-state index in [2.05, 4.69) is 26.2 Å². The second-order valence-electron chi connectivity index (χ2n) is 5.62. The van der Waals surface area contributed by atoms with E-state index in [-0.39, 0.29) is 16.9 Å². The summed E-state index contributed by atoms with van der Waals surface area (Å²) in [5.41, 5.74) is 1.64. The monoisotopic (exact) mass is 448 g/mol. The maximum absolute atomic E-state index is 12.9. The molecule has 8 heteroatoms. The number of hydrogen-bond acceptors (Lipinski definition) is 4. The first-order chi connectivity index (χ1) is 12.9. The fraction of sp³-hybridized carbons (Fsp3) is 0.105. The number of ether oxygens (including phenoxy) is 1. The number of nitrogens with one attached hydrogen (secondary N) is 1. The lowest BCUT2D eigenvalue weighted by atomic mass is 10.2. The molecular formula is C19H14BrFN2O3S. The largest absolute Gasteiger partial charge is 0.488 e. The average Bonchev–Trinajstić information content (AvgIpc) is 2.94. The number of thioether (sulfide) groups is 1. The fourth-order valence-electron chi connectivity index (χ4n) is 2.23. The first kappa shape index (κ1) is 19.3. The van der Waals surface area contributed by atoms with Crippen LogP contribution < -0.4 is 10.1 Å². The number of amides is 2. The zero-order valence-corrected chi connectivity index (χ0v) is 16.6. The van der Waals surface area contributed by atoms with Crippen molar-refractivity contribution in [3.63, 3.8) is 0 Å². The molecule has 138 valence electrons. The predicted octanol–water partition coefficient (Wildman–Crippen LogP) is 4.27. The molecule has 1 heterocycles. The van der Waals surface area contributed by atoms with Crippen LogP contribution in [-0.4, -0.2) is 17.0 Å². The Morgan fingerprint density at radius 2 is 2.04 bits per heavy atom. The minimum Gasteiger partial charge on any atom is -0.488 e. The number of halogens is 2. The molecule has 1 aliphatic rings. The molecule has 0 saturated carbocycles. The first-order valence-corrected chi connectivity index (χ1v) is 9.48. The van der Waals surface area contributed by atoms with Gasteiger partial charge in [-0.2, -0.15) is 4.99 Å². The highest BCUT2D eigenvalue weighted by Gasteiger charge is 2.22. The summed E-state index contributed by atoms with van der Waals surface area (Å²) in [7, 11) is 0.